The van der Waals surface area contributed by atoms with Crippen LogP contribution in [0.25, 0.3) is 10.8 Å². The van der Waals surface area contributed by atoms with E-state index in [2.05, 4.69) is 51.3 Å². The molecule has 0 radical (unpaired) electrons. The molecule has 0 unspecified atom stereocenters. The van der Waals surface area contributed by atoms with Gasteiger partial charge in [-0.15, -0.1) is 0 Å². The van der Waals surface area contributed by atoms with Gasteiger partial charge in [0.25, 0.3) is 5.91 Å². The zero-order valence-corrected chi connectivity index (χ0v) is 23.9. The molecule has 5 rings (SSSR count). The molecule has 218 valence electrons. The number of nitrogens with one attached hydrogen (secondary N) is 3. The van der Waals surface area contributed by atoms with E-state index in [1.807, 2.05) is 48.5 Å². The minimum Gasteiger partial charge on any atom is -0.487 e. The van der Waals surface area contributed by atoms with Crippen molar-refractivity contribution in [2.75, 3.05) is 57.8 Å². The van der Waals surface area contributed by atoms with Crippen molar-refractivity contribution < 1.29 is 23.7 Å². The number of fused-ring (bicyclic) bond motifs is 2. The second-order valence-corrected chi connectivity index (χ2v) is 9.76. The number of hydrogen-bond acceptors (Lipinski definition) is 8. The maximum atomic E-state index is 13.0. The van der Waals surface area contributed by atoms with E-state index < -0.39 is 6.17 Å². The summed E-state index contributed by atoms with van der Waals surface area (Å²) in [5.74, 6) is 1.07. The van der Waals surface area contributed by atoms with Gasteiger partial charge in [0.05, 0.1) is 25.2 Å². The molecule has 0 aromatic heterocycles. The highest BCUT2D eigenvalue weighted by Crippen LogP contribution is 2.39. The van der Waals surface area contributed by atoms with Crippen LogP contribution in [0.5, 0.6) is 11.5 Å². The molecule has 0 bridgehead atoms. The summed E-state index contributed by atoms with van der Waals surface area (Å²) in [6.45, 7) is 2.21. The second-order valence-electron chi connectivity index (χ2n) is 9.76. The van der Waals surface area contributed by atoms with Gasteiger partial charge in [0.1, 0.15) is 19.4 Å². The number of methoxy groups -OCH3 is 2. The molecule has 1 aliphatic rings. The monoisotopic (exact) mass is 568 g/mol. The van der Waals surface area contributed by atoms with Crippen molar-refractivity contribution in [2.24, 2.45) is 4.99 Å². The maximum Gasteiger partial charge on any atom is 0.251 e. The van der Waals surface area contributed by atoms with Crippen LogP contribution in [0, 0.1) is 0 Å². The van der Waals surface area contributed by atoms with Crippen LogP contribution in [0.2, 0.25) is 0 Å². The van der Waals surface area contributed by atoms with Crippen molar-refractivity contribution in [3.8, 4) is 11.5 Å². The maximum absolute atomic E-state index is 13.0. The summed E-state index contributed by atoms with van der Waals surface area (Å²) in [5.41, 5.74) is 4.28. The molecule has 4 aromatic carbocycles. The average molecular weight is 569 g/mol. The predicted molar refractivity (Wildman–Crippen MR) is 166 cm³/mol. The lowest BCUT2D eigenvalue weighted by atomic mass is 10.0. The molecule has 1 aliphatic heterocycles. The normalized spacial score (nSPS) is 13.7. The Morgan fingerprint density at radius 2 is 1.60 bits per heavy atom. The Labute approximate surface area is 245 Å². The number of rotatable bonds is 14. The summed E-state index contributed by atoms with van der Waals surface area (Å²) in [6.07, 6.45) is 2.00. The summed E-state index contributed by atoms with van der Waals surface area (Å²) >= 11 is 0. The second kappa shape index (κ2) is 14.3. The molecule has 9 nitrogen and oxygen atoms in total. The van der Waals surface area contributed by atoms with Gasteiger partial charge in [-0.2, -0.15) is 0 Å². The number of anilines is 2. The molecular weight excluding hydrogens is 532 g/mol. The fourth-order valence-electron chi connectivity index (χ4n) is 4.83. The Kier molecular flexibility index (Phi) is 9.87. The molecule has 1 atom stereocenters. The SMILES string of the molecule is COCCOc1cc2c(cc1OCCOC)[C@H](Nc1cccc(C(=O)NCCc3cccc4ccccc34)c1)N=CN2. The molecule has 3 N–H and O–H groups in total. The van der Waals surface area contributed by atoms with E-state index >= 15 is 0 Å². The van der Waals surface area contributed by atoms with E-state index in [1.54, 1.807) is 20.6 Å². The highest BCUT2D eigenvalue weighted by molar-refractivity contribution is 5.95. The third-order valence-corrected chi connectivity index (χ3v) is 6.93. The third kappa shape index (κ3) is 7.18. The van der Waals surface area contributed by atoms with Gasteiger partial charge in [-0.1, -0.05) is 48.5 Å². The number of hydrogen-bond donors (Lipinski definition) is 3. The van der Waals surface area contributed by atoms with Crippen molar-refractivity contribution in [1.29, 1.82) is 0 Å². The fraction of sp³-hybridized carbons (Fsp3) is 0.273. The Morgan fingerprint density at radius 1 is 0.857 bits per heavy atom. The lowest BCUT2D eigenvalue weighted by molar-refractivity contribution is 0.0954. The molecular formula is C33H36N4O5. The van der Waals surface area contributed by atoms with Gasteiger partial charge in [-0.3, -0.25) is 4.79 Å². The smallest absolute Gasteiger partial charge is 0.251 e. The Bertz CT molecular complexity index is 1540. The van der Waals surface area contributed by atoms with Crippen molar-refractivity contribution in [2.45, 2.75) is 12.6 Å². The zero-order chi connectivity index (χ0) is 29.1. The van der Waals surface area contributed by atoms with Crippen molar-refractivity contribution in [3.63, 3.8) is 0 Å². The minimum absolute atomic E-state index is 0.125. The van der Waals surface area contributed by atoms with E-state index in [0.29, 0.717) is 50.0 Å². The highest BCUT2D eigenvalue weighted by atomic mass is 16.5. The van der Waals surface area contributed by atoms with Crippen LogP contribution in [0.3, 0.4) is 0 Å². The molecule has 1 amide bonds. The van der Waals surface area contributed by atoms with Crippen LogP contribution in [0.1, 0.15) is 27.7 Å². The van der Waals surface area contributed by atoms with Crippen LogP contribution < -0.4 is 25.4 Å². The largest absolute Gasteiger partial charge is 0.487 e. The number of ether oxygens (including phenoxy) is 4. The van der Waals surface area contributed by atoms with E-state index in [-0.39, 0.29) is 5.91 Å². The van der Waals surface area contributed by atoms with Gasteiger partial charge in [-0.05, 0) is 47.0 Å². The topological polar surface area (TPSA) is 102 Å². The van der Waals surface area contributed by atoms with E-state index in [4.69, 9.17) is 18.9 Å². The number of carbonyl (C=O) groups is 1. The summed E-state index contributed by atoms with van der Waals surface area (Å²) in [7, 11) is 3.26. The molecule has 9 heteroatoms. The zero-order valence-electron chi connectivity index (χ0n) is 23.9. The Balaban J connectivity index is 1.26. The van der Waals surface area contributed by atoms with Crippen LogP contribution in [-0.4, -0.2) is 59.4 Å². The number of nitrogens with zero attached hydrogens (tertiary/aromatic N) is 1. The van der Waals surface area contributed by atoms with Gasteiger partial charge in [0, 0.05) is 43.6 Å². The van der Waals surface area contributed by atoms with Crippen LogP contribution in [-0.2, 0) is 15.9 Å². The standard InChI is InChI=1S/C33H36N4O5/c1-39-15-17-41-30-20-28-29(21-31(30)42-18-16-40-2)35-22-36-32(28)37-26-11-6-10-25(19-26)33(38)34-14-13-24-9-5-8-23-7-3-4-12-27(23)24/h3-12,19-22,32,37H,13-18H2,1-2H3,(H,34,38)(H,35,36)/t32-/m0/s1. The summed E-state index contributed by atoms with van der Waals surface area (Å²) < 4.78 is 22.1. The third-order valence-electron chi connectivity index (χ3n) is 6.93. The molecule has 0 spiro atoms. The predicted octanol–water partition coefficient (Wildman–Crippen LogP) is 5.43. The number of amides is 1. The first-order valence-electron chi connectivity index (χ1n) is 14.0. The molecule has 1 heterocycles. The minimum atomic E-state index is -0.399. The lowest BCUT2D eigenvalue weighted by Gasteiger charge is -2.25. The van der Waals surface area contributed by atoms with Crippen LogP contribution in [0.15, 0.2) is 83.9 Å². The quantitative estimate of drug-likeness (QED) is 0.174. The van der Waals surface area contributed by atoms with Gasteiger partial charge in [0.15, 0.2) is 11.5 Å². The van der Waals surface area contributed by atoms with E-state index in [0.717, 1.165) is 23.4 Å². The van der Waals surface area contributed by atoms with Crippen molar-refractivity contribution in [3.05, 3.63) is 95.6 Å². The van der Waals surface area contributed by atoms with E-state index in [9.17, 15) is 4.79 Å². The van der Waals surface area contributed by atoms with E-state index in [1.165, 1.54) is 16.3 Å². The van der Waals surface area contributed by atoms with Gasteiger partial charge in [-0.25, -0.2) is 4.99 Å². The van der Waals surface area contributed by atoms with Crippen molar-refractivity contribution in [1.82, 2.24) is 5.32 Å². The Hall–Kier alpha value is -4.60. The summed E-state index contributed by atoms with van der Waals surface area (Å²) in [6, 6.07) is 25.8. The number of carbonyl (C=O) groups excluding carboxylic acids is 1. The fourth-order valence-corrected chi connectivity index (χ4v) is 4.83. The molecule has 0 saturated carbocycles. The number of benzene rings is 4. The molecule has 0 aliphatic carbocycles. The first kappa shape index (κ1) is 28.9. The van der Waals surface area contributed by atoms with Gasteiger partial charge in [0.2, 0.25) is 0 Å². The van der Waals surface area contributed by atoms with Crippen molar-refractivity contribution >= 4 is 34.4 Å². The Morgan fingerprint density at radius 3 is 2.40 bits per heavy atom. The molecule has 4 aromatic rings. The van der Waals surface area contributed by atoms with Crippen LogP contribution >= 0.6 is 0 Å². The number of aliphatic imine (C=N–C) groups is 1. The van der Waals surface area contributed by atoms with Gasteiger partial charge < -0.3 is 34.9 Å². The lowest BCUT2D eigenvalue weighted by Crippen LogP contribution is -2.26. The average Bonchev–Trinajstić information content (AvgIpc) is 3.02. The highest BCUT2D eigenvalue weighted by Gasteiger charge is 2.22. The summed E-state index contributed by atoms with van der Waals surface area (Å²) in [4.78, 5) is 17.6. The summed E-state index contributed by atoms with van der Waals surface area (Å²) in [5, 5.41) is 12.1. The van der Waals surface area contributed by atoms with Gasteiger partial charge >= 0.3 is 0 Å². The molecule has 42 heavy (non-hydrogen) atoms. The first-order valence-corrected chi connectivity index (χ1v) is 14.0. The molecule has 0 saturated heterocycles. The molecule has 0 fully saturated rings. The first-order chi connectivity index (χ1) is 20.7. The van der Waals surface area contributed by atoms with Crippen LogP contribution in [0.4, 0.5) is 11.4 Å².